The van der Waals surface area contributed by atoms with E-state index in [-0.39, 0.29) is 11.7 Å². The predicted octanol–water partition coefficient (Wildman–Crippen LogP) is 4.19. The van der Waals surface area contributed by atoms with Gasteiger partial charge in [0.25, 0.3) is 0 Å². The van der Waals surface area contributed by atoms with Crippen LogP contribution in [0.3, 0.4) is 0 Å². The molecular weight excluding hydrogens is 356 g/mol. The van der Waals surface area contributed by atoms with Crippen LogP contribution in [0.2, 0.25) is 0 Å². The van der Waals surface area contributed by atoms with Crippen LogP contribution in [0, 0.1) is 0 Å². The highest BCUT2D eigenvalue weighted by molar-refractivity contribution is 5.95. The number of fused-ring (bicyclic) bond motifs is 1. The zero-order valence-electron chi connectivity index (χ0n) is 16.3. The third kappa shape index (κ3) is 4.52. The molecule has 28 heavy (non-hydrogen) atoms. The summed E-state index contributed by atoms with van der Waals surface area (Å²) >= 11 is 0. The van der Waals surface area contributed by atoms with Crippen LogP contribution in [0.4, 0.5) is 5.69 Å². The number of carbonyl (C=O) groups is 2. The second-order valence-corrected chi connectivity index (χ2v) is 6.62. The van der Waals surface area contributed by atoms with Crippen LogP contribution in [0.5, 0.6) is 11.5 Å². The molecule has 2 aromatic carbocycles. The van der Waals surface area contributed by atoms with Gasteiger partial charge in [0, 0.05) is 36.4 Å². The molecule has 6 heteroatoms. The fourth-order valence-electron chi connectivity index (χ4n) is 2.98. The van der Waals surface area contributed by atoms with Gasteiger partial charge in [0.15, 0.2) is 17.3 Å². The first-order valence-electron chi connectivity index (χ1n) is 9.14. The minimum Gasteiger partial charge on any atom is -0.493 e. The molecule has 0 saturated heterocycles. The number of amides is 1. The Labute approximate surface area is 164 Å². The Morgan fingerprint density at radius 2 is 1.89 bits per heavy atom. The molecule has 0 fully saturated rings. The molecule has 146 valence electrons. The number of nitrogens with one attached hydrogen (secondary N) is 1. The van der Waals surface area contributed by atoms with Crippen molar-refractivity contribution in [3.05, 3.63) is 54.2 Å². The van der Waals surface area contributed by atoms with Crippen molar-refractivity contribution in [2.24, 2.45) is 7.05 Å². The van der Waals surface area contributed by atoms with Gasteiger partial charge in [-0.15, -0.1) is 0 Å². The molecule has 0 aliphatic heterocycles. The number of ketones is 1. The lowest BCUT2D eigenvalue weighted by Gasteiger charge is -2.11. The lowest BCUT2D eigenvalue weighted by Crippen LogP contribution is -2.13. The molecule has 3 aromatic rings. The number of benzene rings is 2. The summed E-state index contributed by atoms with van der Waals surface area (Å²) in [6.45, 7) is 1.88. The van der Waals surface area contributed by atoms with E-state index in [2.05, 4.69) is 5.32 Å². The number of ether oxygens (including phenoxy) is 2. The Hall–Kier alpha value is -3.28. The number of Topliss-reactive ketones (excluding diaryl/α,β-unsaturated/α-hetero) is 1. The third-order valence-electron chi connectivity index (χ3n) is 4.55. The second-order valence-electron chi connectivity index (χ2n) is 6.62. The number of aromatic nitrogens is 1. The molecule has 0 aliphatic rings. The number of nitrogens with zero attached hydrogens (tertiary/aromatic N) is 1. The quantitative estimate of drug-likeness (QED) is 0.470. The second kappa shape index (κ2) is 8.61. The van der Waals surface area contributed by atoms with Gasteiger partial charge >= 0.3 is 0 Å². The van der Waals surface area contributed by atoms with E-state index in [1.807, 2.05) is 42.1 Å². The lowest BCUT2D eigenvalue weighted by molar-refractivity contribution is -0.116. The molecule has 0 unspecified atom stereocenters. The first-order valence-corrected chi connectivity index (χ1v) is 9.14. The van der Waals surface area contributed by atoms with E-state index < -0.39 is 0 Å². The highest BCUT2D eigenvalue weighted by Gasteiger charge is 2.09. The third-order valence-corrected chi connectivity index (χ3v) is 4.55. The summed E-state index contributed by atoms with van der Waals surface area (Å²) in [6.07, 6.45) is 2.90. The summed E-state index contributed by atoms with van der Waals surface area (Å²) in [4.78, 5) is 23.6. The Morgan fingerprint density at radius 3 is 2.64 bits per heavy atom. The van der Waals surface area contributed by atoms with Crippen LogP contribution in [0.1, 0.15) is 30.1 Å². The molecule has 0 radical (unpaired) electrons. The Morgan fingerprint density at radius 1 is 1.07 bits per heavy atom. The van der Waals surface area contributed by atoms with Gasteiger partial charge in [-0.25, -0.2) is 0 Å². The van der Waals surface area contributed by atoms with Crippen molar-refractivity contribution in [1.29, 1.82) is 0 Å². The number of aryl methyl sites for hydroxylation is 1. The molecule has 0 spiro atoms. The Balaban J connectivity index is 1.50. The van der Waals surface area contributed by atoms with E-state index in [1.54, 1.807) is 18.2 Å². The monoisotopic (exact) mass is 380 g/mol. The number of hydrogen-bond acceptors (Lipinski definition) is 4. The summed E-state index contributed by atoms with van der Waals surface area (Å²) in [6, 6.07) is 13.0. The van der Waals surface area contributed by atoms with E-state index in [9.17, 15) is 9.59 Å². The van der Waals surface area contributed by atoms with Gasteiger partial charge in [0.2, 0.25) is 5.91 Å². The molecule has 0 aliphatic carbocycles. The van der Waals surface area contributed by atoms with Crippen molar-refractivity contribution in [2.45, 2.75) is 19.8 Å². The van der Waals surface area contributed by atoms with Gasteiger partial charge in [-0.05, 0) is 55.1 Å². The van der Waals surface area contributed by atoms with Crippen molar-refractivity contribution in [2.75, 3.05) is 19.0 Å². The van der Waals surface area contributed by atoms with Crippen molar-refractivity contribution in [3.8, 4) is 11.5 Å². The normalized spacial score (nSPS) is 10.7. The Kier molecular flexibility index (Phi) is 5.99. The highest BCUT2D eigenvalue weighted by atomic mass is 16.5. The largest absolute Gasteiger partial charge is 0.493 e. The number of methoxy groups -OCH3 is 1. The number of anilines is 1. The van der Waals surface area contributed by atoms with Crippen LogP contribution in [0.25, 0.3) is 10.9 Å². The standard InChI is InChI=1S/C22H24N2O4/c1-15(25)17-7-9-20(21(13-17)27-3)28-12-4-5-22(26)23-18-8-6-16-10-11-24(2)19(16)14-18/h6-11,13-14H,4-5,12H2,1-3H3,(H,23,26). The summed E-state index contributed by atoms with van der Waals surface area (Å²) in [5.41, 5.74) is 2.42. The van der Waals surface area contributed by atoms with E-state index in [1.165, 1.54) is 14.0 Å². The van der Waals surface area contributed by atoms with Gasteiger partial charge in [0.1, 0.15) is 0 Å². The van der Waals surface area contributed by atoms with Crippen LogP contribution >= 0.6 is 0 Å². The Bertz CT molecular complexity index is 1010. The maximum Gasteiger partial charge on any atom is 0.224 e. The number of hydrogen-bond donors (Lipinski definition) is 1. The first kappa shape index (κ1) is 19.5. The topological polar surface area (TPSA) is 69.6 Å². The van der Waals surface area contributed by atoms with Gasteiger partial charge in [0.05, 0.1) is 13.7 Å². The lowest BCUT2D eigenvalue weighted by atomic mass is 10.1. The smallest absolute Gasteiger partial charge is 0.224 e. The van der Waals surface area contributed by atoms with Gasteiger partial charge in [-0.1, -0.05) is 6.07 Å². The molecule has 1 N–H and O–H groups in total. The van der Waals surface area contributed by atoms with Crippen LogP contribution in [-0.2, 0) is 11.8 Å². The summed E-state index contributed by atoms with van der Waals surface area (Å²) in [5.74, 6) is 0.973. The first-order chi connectivity index (χ1) is 13.5. The van der Waals surface area contributed by atoms with Gasteiger partial charge in [-0.3, -0.25) is 9.59 Å². The summed E-state index contributed by atoms with van der Waals surface area (Å²) in [5, 5.41) is 4.06. The molecule has 0 bridgehead atoms. The minimum absolute atomic E-state index is 0.0324. The van der Waals surface area contributed by atoms with Crippen molar-refractivity contribution >= 4 is 28.3 Å². The molecule has 1 aromatic heterocycles. The van der Waals surface area contributed by atoms with Gasteiger partial charge < -0.3 is 19.4 Å². The van der Waals surface area contributed by atoms with E-state index in [4.69, 9.17) is 9.47 Å². The molecule has 1 amide bonds. The molecule has 0 saturated carbocycles. The zero-order valence-corrected chi connectivity index (χ0v) is 16.3. The maximum atomic E-state index is 12.2. The summed E-state index contributed by atoms with van der Waals surface area (Å²) in [7, 11) is 3.51. The van der Waals surface area contributed by atoms with Crippen LogP contribution in [0.15, 0.2) is 48.7 Å². The molecular formula is C22H24N2O4. The maximum absolute atomic E-state index is 12.2. The van der Waals surface area contributed by atoms with Crippen LogP contribution < -0.4 is 14.8 Å². The number of rotatable bonds is 8. The van der Waals surface area contributed by atoms with E-state index in [0.29, 0.717) is 36.5 Å². The highest BCUT2D eigenvalue weighted by Crippen LogP contribution is 2.28. The van der Waals surface area contributed by atoms with E-state index in [0.717, 1.165) is 16.6 Å². The molecule has 3 rings (SSSR count). The van der Waals surface area contributed by atoms with Crippen molar-refractivity contribution in [1.82, 2.24) is 4.57 Å². The molecule has 1 heterocycles. The predicted molar refractivity (Wildman–Crippen MR) is 109 cm³/mol. The SMILES string of the molecule is COc1cc(C(C)=O)ccc1OCCCC(=O)Nc1ccc2ccn(C)c2c1. The zero-order chi connectivity index (χ0) is 20.1. The number of carbonyl (C=O) groups excluding carboxylic acids is 2. The molecule has 0 atom stereocenters. The van der Waals surface area contributed by atoms with E-state index >= 15 is 0 Å². The summed E-state index contributed by atoms with van der Waals surface area (Å²) < 4.78 is 13.0. The van der Waals surface area contributed by atoms with Crippen LogP contribution in [-0.4, -0.2) is 30.0 Å². The fraction of sp³-hybridized carbons (Fsp3) is 0.273. The fourth-order valence-corrected chi connectivity index (χ4v) is 2.98. The van der Waals surface area contributed by atoms with Gasteiger partial charge in [-0.2, -0.15) is 0 Å². The minimum atomic E-state index is -0.0592. The average Bonchev–Trinajstić information content (AvgIpc) is 3.05. The van der Waals surface area contributed by atoms with Crippen molar-refractivity contribution < 1.29 is 19.1 Å². The molecule has 6 nitrogen and oxygen atoms in total. The van der Waals surface area contributed by atoms with Crippen molar-refractivity contribution in [3.63, 3.8) is 0 Å². The average molecular weight is 380 g/mol.